The predicted octanol–water partition coefficient (Wildman–Crippen LogP) is 1.73. The lowest BCUT2D eigenvalue weighted by Gasteiger charge is -2.23. The minimum Gasteiger partial charge on any atom is -0.410 e. The second kappa shape index (κ2) is 4.61. The minimum absolute atomic E-state index is 0.219. The Morgan fingerprint density at radius 2 is 2.11 bits per heavy atom. The largest absolute Gasteiger partial charge is 0.415 e. The molecule has 1 aromatic rings. The summed E-state index contributed by atoms with van der Waals surface area (Å²) in [6, 6.07) is 9.53. The zero-order valence-corrected chi connectivity index (χ0v) is 10.5. The van der Waals surface area contributed by atoms with Crippen molar-refractivity contribution < 1.29 is 9.53 Å². The number of hydrogen-bond donors (Lipinski definition) is 1. The zero-order valence-electron chi connectivity index (χ0n) is 10.5. The second-order valence-corrected chi connectivity index (χ2v) is 5.16. The van der Waals surface area contributed by atoms with Crippen molar-refractivity contribution >= 4 is 6.09 Å². The van der Waals surface area contributed by atoms with Crippen molar-refractivity contribution in [1.29, 1.82) is 0 Å². The maximum absolute atomic E-state index is 12.1. The van der Waals surface area contributed by atoms with Gasteiger partial charge >= 0.3 is 6.09 Å². The van der Waals surface area contributed by atoms with Crippen molar-refractivity contribution in [2.24, 2.45) is 11.8 Å². The number of benzene rings is 1. The maximum Gasteiger partial charge on any atom is 0.415 e. The molecule has 2 saturated heterocycles. The molecule has 1 N–H and O–H groups in total. The number of rotatable bonds is 1. The molecule has 3 rings (SSSR count). The fourth-order valence-electron chi connectivity index (χ4n) is 3.06. The SMILES string of the molecule is CC1C2CNCC2CN1C(=O)Oc1ccccc1. The predicted molar refractivity (Wildman–Crippen MR) is 68.5 cm³/mol. The number of carbonyl (C=O) groups is 1. The van der Waals surface area contributed by atoms with Gasteiger partial charge in [-0.25, -0.2) is 4.79 Å². The number of nitrogens with zero attached hydrogens (tertiary/aromatic N) is 1. The molecule has 96 valence electrons. The normalized spacial score (nSPS) is 30.3. The van der Waals surface area contributed by atoms with Crippen molar-refractivity contribution in [2.45, 2.75) is 13.0 Å². The van der Waals surface area contributed by atoms with Crippen LogP contribution in [0.25, 0.3) is 0 Å². The quantitative estimate of drug-likeness (QED) is 0.820. The summed E-state index contributed by atoms with van der Waals surface area (Å²) in [6.45, 7) is 4.96. The second-order valence-electron chi connectivity index (χ2n) is 5.16. The van der Waals surface area contributed by atoms with Gasteiger partial charge in [0.05, 0.1) is 0 Å². The zero-order chi connectivity index (χ0) is 12.5. The van der Waals surface area contributed by atoms with Crippen LogP contribution in [0.5, 0.6) is 5.75 Å². The van der Waals surface area contributed by atoms with E-state index in [0.29, 0.717) is 17.6 Å². The Hall–Kier alpha value is -1.55. The third-order valence-electron chi connectivity index (χ3n) is 4.12. The monoisotopic (exact) mass is 246 g/mol. The van der Waals surface area contributed by atoms with Crippen LogP contribution in [0.2, 0.25) is 0 Å². The first kappa shape index (κ1) is 11.5. The van der Waals surface area contributed by atoms with Gasteiger partial charge < -0.3 is 15.0 Å². The number of para-hydroxylation sites is 1. The van der Waals surface area contributed by atoms with E-state index >= 15 is 0 Å². The highest BCUT2D eigenvalue weighted by Crippen LogP contribution is 2.32. The Morgan fingerprint density at radius 3 is 2.83 bits per heavy atom. The molecule has 18 heavy (non-hydrogen) atoms. The first-order valence-corrected chi connectivity index (χ1v) is 6.50. The topological polar surface area (TPSA) is 41.6 Å². The van der Waals surface area contributed by atoms with E-state index in [1.165, 1.54) is 0 Å². The average molecular weight is 246 g/mol. The van der Waals surface area contributed by atoms with Crippen molar-refractivity contribution in [3.63, 3.8) is 0 Å². The fraction of sp³-hybridized carbons (Fsp3) is 0.500. The first-order valence-electron chi connectivity index (χ1n) is 6.50. The molecule has 0 bridgehead atoms. The van der Waals surface area contributed by atoms with E-state index in [-0.39, 0.29) is 12.1 Å². The van der Waals surface area contributed by atoms with Gasteiger partial charge in [0.25, 0.3) is 0 Å². The highest BCUT2D eigenvalue weighted by molar-refractivity contribution is 5.71. The molecule has 2 aliphatic heterocycles. The number of likely N-dealkylation sites (tertiary alicyclic amines) is 1. The molecule has 0 aliphatic carbocycles. The number of amides is 1. The lowest BCUT2D eigenvalue weighted by Crippen LogP contribution is -2.39. The van der Waals surface area contributed by atoms with E-state index < -0.39 is 0 Å². The van der Waals surface area contributed by atoms with Crippen LogP contribution in [-0.4, -0.2) is 36.7 Å². The van der Waals surface area contributed by atoms with Crippen molar-refractivity contribution in [3.8, 4) is 5.75 Å². The average Bonchev–Trinajstić information content (AvgIpc) is 2.94. The molecule has 0 saturated carbocycles. The molecule has 4 nitrogen and oxygen atoms in total. The van der Waals surface area contributed by atoms with Crippen LogP contribution in [0.3, 0.4) is 0 Å². The number of nitrogens with one attached hydrogen (secondary N) is 1. The summed E-state index contributed by atoms with van der Waals surface area (Å²) in [6.07, 6.45) is -0.219. The summed E-state index contributed by atoms with van der Waals surface area (Å²) in [5.74, 6) is 1.78. The molecule has 0 aromatic heterocycles. The Kier molecular flexibility index (Phi) is 2.96. The van der Waals surface area contributed by atoms with Crippen LogP contribution in [0.4, 0.5) is 4.79 Å². The highest BCUT2D eigenvalue weighted by atomic mass is 16.6. The molecule has 3 unspecified atom stereocenters. The van der Waals surface area contributed by atoms with Crippen LogP contribution in [0, 0.1) is 11.8 Å². The number of hydrogen-bond acceptors (Lipinski definition) is 3. The van der Waals surface area contributed by atoms with Gasteiger partial charge in [-0.2, -0.15) is 0 Å². The van der Waals surface area contributed by atoms with E-state index in [4.69, 9.17) is 4.74 Å². The molecular formula is C14H18N2O2. The molecule has 0 spiro atoms. The van der Waals surface area contributed by atoms with Gasteiger partial charge in [0.2, 0.25) is 0 Å². The minimum atomic E-state index is -0.219. The summed E-state index contributed by atoms with van der Waals surface area (Å²) in [5.41, 5.74) is 0. The Balaban J connectivity index is 1.67. The Morgan fingerprint density at radius 1 is 1.33 bits per heavy atom. The summed E-state index contributed by atoms with van der Waals surface area (Å²) >= 11 is 0. The van der Waals surface area contributed by atoms with Gasteiger partial charge in [0.1, 0.15) is 5.75 Å². The molecule has 3 atom stereocenters. The van der Waals surface area contributed by atoms with E-state index in [1.54, 1.807) is 12.1 Å². The summed E-state index contributed by atoms with van der Waals surface area (Å²) < 4.78 is 5.40. The van der Waals surface area contributed by atoms with Crippen LogP contribution < -0.4 is 10.1 Å². The number of carbonyl (C=O) groups excluding carboxylic acids is 1. The van der Waals surface area contributed by atoms with Crippen molar-refractivity contribution in [3.05, 3.63) is 30.3 Å². The molecule has 4 heteroatoms. The Bertz CT molecular complexity index is 435. The summed E-state index contributed by atoms with van der Waals surface area (Å²) in [5, 5.41) is 3.39. The molecule has 2 aliphatic rings. The third-order valence-corrected chi connectivity index (χ3v) is 4.12. The van der Waals surface area contributed by atoms with E-state index in [2.05, 4.69) is 12.2 Å². The van der Waals surface area contributed by atoms with Crippen LogP contribution in [-0.2, 0) is 0 Å². The van der Waals surface area contributed by atoms with E-state index in [1.807, 2.05) is 23.1 Å². The van der Waals surface area contributed by atoms with E-state index in [9.17, 15) is 4.79 Å². The van der Waals surface area contributed by atoms with Crippen LogP contribution >= 0.6 is 0 Å². The molecule has 2 heterocycles. The number of fused-ring (bicyclic) bond motifs is 1. The first-order chi connectivity index (χ1) is 8.75. The van der Waals surface area contributed by atoms with Gasteiger partial charge in [-0.3, -0.25) is 0 Å². The molecular weight excluding hydrogens is 228 g/mol. The fourth-order valence-corrected chi connectivity index (χ4v) is 3.06. The van der Waals surface area contributed by atoms with Crippen LogP contribution in [0.1, 0.15) is 6.92 Å². The molecule has 1 amide bonds. The van der Waals surface area contributed by atoms with Crippen molar-refractivity contribution in [1.82, 2.24) is 10.2 Å². The van der Waals surface area contributed by atoms with Gasteiger partial charge in [0.15, 0.2) is 0 Å². The van der Waals surface area contributed by atoms with Gasteiger partial charge in [-0.05, 0) is 30.9 Å². The highest BCUT2D eigenvalue weighted by Gasteiger charge is 2.44. The van der Waals surface area contributed by atoms with Gasteiger partial charge in [-0.15, -0.1) is 0 Å². The van der Waals surface area contributed by atoms with Crippen molar-refractivity contribution in [2.75, 3.05) is 19.6 Å². The Labute approximate surface area is 107 Å². The van der Waals surface area contributed by atoms with Crippen LogP contribution in [0.15, 0.2) is 30.3 Å². The van der Waals surface area contributed by atoms with E-state index in [0.717, 1.165) is 19.6 Å². The third kappa shape index (κ3) is 1.97. The summed E-state index contributed by atoms with van der Waals surface area (Å²) in [4.78, 5) is 14.0. The lowest BCUT2D eigenvalue weighted by molar-refractivity contribution is 0.144. The van der Waals surface area contributed by atoms with Gasteiger partial charge in [0, 0.05) is 25.7 Å². The molecule has 2 fully saturated rings. The van der Waals surface area contributed by atoms with Gasteiger partial charge in [-0.1, -0.05) is 18.2 Å². The summed E-state index contributed by atoms with van der Waals surface area (Å²) in [7, 11) is 0. The number of ether oxygens (including phenoxy) is 1. The standard InChI is InChI=1S/C14H18N2O2/c1-10-13-8-15-7-11(13)9-16(10)14(17)18-12-5-3-2-4-6-12/h2-6,10-11,13,15H,7-9H2,1H3. The smallest absolute Gasteiger partial charge is 0.410 e. The lowest BCUT2D eigenvalue weighted by atomic mass is 9.95. The maximum atomic E-state index is 12.1. The molecule has 0 radical (unpaired) electrons. The molecule has 1 aromatic carbocycles.